The summed E-state index contributed by atoms with van der Waals surface area (Å²) >= 11 is 6.05. The molecule has 2 aromatic carbocycles. The number of rotatable bonds is 8. The number of benzene rings is 2. The van der Waals surface area contributed by atoms with E-state index in [-0.39, 0.29) is 35.1 Å². The van der Waals surface area contributed by atoms with Crippen molar-refractivity contribution in [2.24, 2.45) is 0 Å². The van der Waals surface area contributed by atoms with Gasteiger partial charge in [-0.2, -0.15) is 4.31 Å². The van der Waals surface area contributed by atoms with E-state index >= 15 is 0 Å². The minimum absolute atomic E-state index is 0.0169. The molecule has 1 amide bonds. The number of amides is 1. The lowest BCUT2D eigenvalue weighted by Gasteiger charge is -2.19. The fourth-order valence-electron chi connectivity index (χ4n) is 2.67. The number of carbonyl (C=O) groups is 1. The summed E-state index contributed by atoms with van der Waals surface area (Å²) in [6, 6.07) is 9.37. The van der Waals surface area contributed by atoms with Gasteiger partial charge in [-0.25, -0.2) is 12.8 Å². The molecule has 0 aliphatic carbocycles. The molecule has 0 saturated heterocycles. The molecule has 0 aromatic heterocycles. The number of aliphatic hydroxyl groups excluding tert-OH is 1. The van der Waals surface area contributed by atoms with E-state index in [0.29, 0.717) is 5.56 Å². The highest BCUT2D eigenvalue weighted by molar-refractivity contribution is 7.89. The van der Waals surface area contributed by atoms with E-state index in [1.807, 2.05) is 0 Å². The summed E-state index contributed by atoms with van der Waals surface area (Å²) in [4.78, 5) is 12.2. The molecule has 0 radical (unpaired) electrons. The van der Waals surface area contributed by atoms with Crippen LogP contribution in [0.4, 0.5) is 4.39 Å². The standard InChI is InChI=1S/C19H22ClFN2O4S/c1-3-23(4-2)28(26,27)18-11-14(8-9-16(18)20)19(25)22-12-17(24)13-6-5-7-15(21)10-13/h5-11,17,24H,3-4,12H2,1-2H3,(H,22,25). The van der Waals surface area contributed by atoms with Gasteiger partial charge in [0.1, 0.15) is 10.7 Å². The van der Waals surface area contributed by atoms with Crippen LogP contribution in [0.25, 0.3) is 0 Å². The molecule has 2 N–H and O–H groups in total. The van der Waals surface area contributed by atoms with Crippen LogP contribution in [0, 0.1) is 5.82 Å². The molecule has 0 bridgehead atoms. The predicted molar refractivity (Wildman–Crippen MR) is 105 cm³/mol. The van der Waals surface area contributed by atoms with Crippen molar-refractivity contribution in [3.05, 3.63) is 64.4 Å². The fraction of sp³-hybridized carbons (Fsp3) is 0.316. The minimum Gasteiger partial charge on any atom is -0.387 e. The van der Waals surface area contributed by atoms with Gasteiger partial charge in [0.2, 0.25) is 10.0 Å². The molecule has 0 aliphatic rings. The second-order valence-corrected chi connectivity index (χ2v) is 8.33. The first-order valence-corrected chi connectivity index (χ1v) is 10.5. The van der Waals surface area contributed by atoms with Gasteiger partial charge in [0.15, 0.2) is 0 Å². The number of hydrogen-bond acceptors (Lipinski definition) is 4. The summed E-state index contributed by atoms with van der Waals surface area (Å²) in [6.45, 7) is 3.79. The third kappa shape index (κ3) is 5.08. The molecule has 0 heterocycles. The normalized spacial score (nSPS) is 12.8. The average molecular weight is 429 g/mol. The lowest BCUT2D eigenvalue weighted by Crippen LogP contribution is -2.31. The average Bonchev–Trinajstić information content (AvgIpc) is 2.66. The molecule has 2 aromatic rings. The quantitative estimate of drug-likeness (QED) is 0.676. The summed E-state index contributed by atoms with van der Waals surface area (Å²) in [7, 11) is -3.84. The third-order valence-corrected chi connectivity index (χ3v) is 6.74. The number of sulfonamides is 1. The molecule has 0 aliphatic heterocycles. The maximum atomic E-state index is 13.2. The molecule has 2 rings (SSSR count). The molecule has 152 valence electrons. The first-order valence-electron chi connectivity index (χ1n) is 8.72. The van der Waals surface area contributed by atoms with E-state index in [4.69, 9.17) is 11.6 Å². The largest absolute Gasteiger partial charge is 0.387 e. The molecule has 9 heteroatoms. The van der Waals surface area contributed by atoms with Gasteiger partial charge < -0.3 is 10.4 Å². The Kier molecular flexibility index (Phi) is 7.54. The van der Waals surface area contributed by atoms with E-state index in [1.165, 1.54) is 46.8 Å². The second-order valence-electron chi connectivity index (χ2n) is 6.02. The Morgan fingerprint density at radius 1 is 1.21 bits per heavy atom. The fourth-order valence-corrected chi connectivity index (χ4v) is 4.63. The van der Waals surface area contributed by atoms with Gasteiger partial charge in [0.25, 0.3) is 5.91 Å². The van der Waals surface area contributed by atoms with Crippen molar-refractivity contribution in [3.8, 4) is 0 Å². The van der Waals surface area contributed by atoms with Crippen LogP contribution in [0.2, 0.25) is 5.02 Å². The van der Waals surface area contributed by atoms with E-state index in [0.717, 1.165) is 0 Å². The second kappa shape index (κ2) is 9.47. The first-order chi connectivity index (χ1) is 13.2. The number of hydrogen-bond donors (Lipinski definition) is 2. The van der Waals surface area contributed by atoms with E-state index in [9.17, 15) is 22.7 Å². The van der Waals surface area contributed by atoms with Crippen LogP contribution in [0.15, 0.2) is 47.4 Å². The molecule has 0 saturated carbocycles. The highest BCUT2D eigenvalue weighted by Gasteiger charge is 2.25. The highest BCUT2D eigenvalue weighted by Crippen LogP contribution is 2.26. The third-order valence-electron chi connectivity index (χ3n) is 4.21. The minimum atomic E-state index is -3.84. The van der Waals surface area contributed by atoms with Crippen molar-refractivity contribution >= 4 is 27.5 Å². The zero-order valence-electron chi connectivity index (χ0n) is 15.5. The van der Waals surface area contributed by atoms with Crippen LogP contribution in [0.1, 0.15) is 35.9 Å². The number of halogens is 2. The van der Waals surface area contributed by atoms with E-state index in [2.05, 4.69) is 5.32 Å². The smallest absolute Gasteiger partial charge is 0.251 e. The Morgan fingerprint density at radius 3 is 2.50 bits per heavy atom. The maximum absolute atomic E-state index is 13.2. The zero-order valence-corrected chi connectivity index (χ0v) is 17.1. The Labute approximate surface area is 169 Å². The summed E-state index contributed by atoms with van der Waals surface area (Å²) in [6.07, 6.45) is -1.11. The van der Waals surface area contributed by atoms with Crippen molar-refractivity contribution in [3.63, 3.8) is 0 Å². The lowest BCUT2D eigenvalue weighted by molar-refractivity contribution is 0.0916. The monoisotopic (exact) mass is 428 g/mol. The van der Waals surface area contributed by atoms with Crippen molar-refractivity contribution in [2.45, 2.75) is 24.8 Å². The molecule has 6 nitrogen and oxygen atoms in total. The number of carbonyl (C=O) groups excluding carboxylic acids is 1. The Hall–Kier alpha value is -2.00. The molecule has 0 fully saturated rings. The Balaban J connectivity index is 2.18. The number of nitrogens with one attached hydrogen (secondary N) is 1. The van der Waals surface area contributed by atoms with Gasteiger partial charge in [-0.1, -0.05) is 37.6 Å². The van der Waals surface area contributed by atoms with Gasteiger partial charge in [0.05, 0.1) is 11.1 Å². The van der Waals surface area contributed by atoms with Crippen LogP contribution in [0.5, 0.6) is 0 Å². The molecular weight excluding hydrogens is 407 g/mol. The predicted octanol–water partition coefficient (Wildman–Crippen LogP) is 2.97. The lowest BCUT2D eigenvalue weighted by atomic mass is 10.1. The molecule has 0 spiro atoms. The number of nitrogens with zero attached hydrogens (tertiary/aromatic N) is 1. The van der Waals surface area contributed by atoms with Crippen LogP contribution >= 0.6 is 11.6 Å². The maximum Gasteiger partial charge on any atom is 0.251 e. The van der Waals surface area contributed by atoms with Crippen LogP contribution < -0.4 is 5.32 Å². The van der Waals surface area contributed by atoms with Gasteiger partial charge in [-0.3, -0.25) is 4.79 Å². The molecule has 1 atom stereocenters. The van der Waals surface area contributed by atoms with Crippen molar-refractivity contribution < 1.29 is 22.7 Å². The summed E-state index contributed by atoms with van der Waals surface area (Å²) < 4.78 is 39.9. The van der Waals surface area contributed by atoms with Crippen LogP contribution in [-0.4, -0.2) is 43.4 Å². The van der Waals surface area contributed by atoms with Gasteiger partial charge >= 0.3 is 0 Å². The first kappa shape index (κ1) is 22.3. The molecule has 1 unspecified atom stereocenters. The zero-order chi connectivity index (χ0) is 20.9. The summed E-state index contributed by atoms with van der Waals surface area (Å²) in [5.41, 5.74) is 0.405. The summed E-state index contributed by atoms with van der Waals surface area (Å²) in [5.74, 6) is -1.07. The number of aliphatic hydroxyl groups is 1. The topological polar surface area (TPSA) is 86.7 Å². The molecular formula is C19H22ClFN2O4S. The van der Waals surface area contributed by atoms with Gasteiger partial charge in [-0.05, 0) is 35.9 Å². The van der Waals surface area contributed by atoms with E-state index in [1.54, 1.807) is 13.8 Å². The molecule has 28 heavy (non-hydrogen) atoms. The Bertz CT molecular complexity index is 949. The van der Waals surface area contributed by atoms with Crippen molar-refractivity contribution in [2.75, 3.05) is 19.6 Å². The van der Waals surface area contributed by atoms with Gasteiger partial charge in [0, 0.05) is 25.2 Å². The Morgan fingerprint density at radius 2 is 1.89 bits per heavy atom. The van der Waals surface area contributed by atoms with Crippen LogP contribution in [0.3, 0.4) is 0 Å². The highest BCUT2D eigenvalue weighted by atomic mass is 35.5. The SMILES string of the molecule is CCN(CC)S(=O)(=O)c1cc(C(=O)NCC(O)c2cccc(F)c2)ccc1Cl. The van der Waals surface area contributed by atoms with Crippen LogP contribution in [-0.2, 0) is 10.0 Å². The summed E-state index contributed by atoms with van der Waals surface area (Å²) in [5, 5.41) is 12.6. The van der Waals surface area contributed by atoms with Crippen molar-refractivity contribution in [1.82, 2.24) is 9.62 Å². The van der Waals surface area contributed by atoms with Gasteiger partial charge in [-0.15, -0.1) is 0 Å². The van der Waals surface area contributed by atoms with Crippen molar-refractivity contribution in [1.29, 1.82) is 0 Å². The van der Waals surface area contributed by atoms with E-state index < -0.39 is 27.9 Å².